The summed E-state index contributed by atoms with van der Waals surface area (Å²) in [7, 11) is -0.258. The Hall–Kier alpha value is -1.43. The summed E-state index contributed by atoms with van der Waals surface area (Å²) in [5.41, 5.74) is 6.84. The highest BCUT2D eigenvalue weighted by molar-refractivity contribution is 7.89. The molecule has 1 unspecified atom stereocenters. The maximum Gasteiger partial charge on any atom is 0.215 e. The van der Waals surface area contributed by atoms with Gasteiger partial charge in [0.2, 0.25) is 10.0 Å². The van der Waals surface area contributed by atoms with Crippen LogP contribution >= 0.6 is 0 Å². The molecule has 2 aromatic carbocycles. The number of hydrogen-bond acceptors (Lipinski definition) is 3. The molecule has 19 heavy (non-hydrogen) atoms. The highest BCUT2D eigenvalue weighted by Crippen LogP contribution is 2.20. The largest absolute Gasteiger partial charge is 0.323 e. The Balaban J connectivity index is 2.29. The van der Waals surface area contributed by atoms with Crippen LogP contribution in [0.1, 0.15) is 11.6 Å². The second-order valence-electron chi connectivity index (χ2n) is 4.77. The predicted octanol–water partition coefficient (Wildman–Crippen LogP) is 1.73. The molecule has 5 heteroatoms. The van der Waals surface area contributed by atoms with Gasteiger partial charge in [0.15, 0.2) is 0 Å². The van der Waals surface area contributed by atoms with Gasteiger partial charge in [0.1, 0.15) is 0 Å². The summed E-state index contributed by atoms with van der Waals surface area (Å²) in [4.78, 5) is 0. The lowest BCUT2D eigenvalue weighted by atomic mass is 10.0. The van der Waals surface area contributed by atoms with Crippen molar-refractivity contribution in [2.75, 3.05) is 19.8 Å². The molecule has 0 amide bonds. The smallest absolute Gasteiger partial charge is 0.215 e. The standard InChI is InChI=1S/C14H18N2O2S/c1-16(2)19(17,18)10-14(15)13-8-7-11-5-3-4-6-12(11)9-13/h3-9,14H,10,15H2,1-2H3. The highest BCUT2D eigenvalue weighted by atomic mass is 32.2. The fraction of sp³-hybridized carbons (Fsp3) is 0.286. The molecule has 0 aliphatic heterocycles. The molecule has 0 aliphatic rings. The fourth-order valence-corrected chi connectivity index (χ4v) is 2.86. The average Bonchev–Trinajstić information content (AvgIpc) is 2.37. The average molecular weight is 278 g/mol. The molecule has 0 fully saturated rings. The van der Waals surface area contributed by atoms with Crippen LogP contribution in [0.25, 0.3) is 10.8 Å². The van der Waals surface area contributed by atoms with Gasteiger partial charge in [-0.2, -0.15) is 0 Å². The minimum Gasteiger partial charge on any atom is -0.323 e. The monoisotopic (exact) mass is 278 g/mol. The van der Waals surface area contributed by atoms with E-state index in [1.807, 2.05) is 42.5 Å². The minimum absolute atomic E-state index is 0.0850. The van der Waals surface area contributed by atoms with Crippen LogP contribution in [0.2, 0.25) is 0 Å². The van der Waals surface area contributed by atoms with Crippen LogP contribution in [0, 0.1) is 0 Å². The molecule has 0 aromatic heterocycles. The number of fused-ring (bicyclic) bond motifs is 1. The number of hydrogen-bond donors (Lipinski definition) is 1. The molecule has 2 rings (SSSR count). The van der Waals surface area contributed by atoms with E-state index in [4.69, 9.17) is 5.73 Å². The van der Waals surface area contributed by atoms with Crippen LogP contribution in [0.4, 0.5) is 0 Å². The quantitative estimate of drug-likeness (QED) is 0.926. The SMILES string of the molecule is CN(C)S(=O)(=O)CC(N)c1ccc2ccccc2c1. The van der Waals surface area contributed by atoms with E-state index in [0.29, 0.717) is 0 Å². The molecule has 2 aromatic rings. The topological polar surface area (TPSA) is 63.4 Å². The highest BCUT2D eigenvalue weighted by Gasteiger charge is 2.19. The van der Waals surface area contributed by atoms with Crippen molar-refractivity contribution in [3.8, 4) is 0 Å². The first-order chi connectivity index (χ1) is 8.90. The third kappa shape index (κ3) is 3.12. The Labute approximate surface area is 113 Å². The Morgan fingerprint density at radius 2 is 1.74 bits per heavy atom. The van der Waals surface area contributed by atoms with Crippen molar-refractivity contribution in [3.05, 3.63) is 48.0 Å². The van der Waals surface area contributed by atoms with Crippen molar-refractivity contribution in [1.29, 1.82) is 0 Å². The Morgan fingerprint density at radius 1 is 1.11 bits per heavy atom. The van der Waals surface area contributed by atoms with Gasteiger partial charge in [0.25, 0.3) is 0 Å². The van der Waals surface area contributed by atoms with E-state index >= 15 is 0 Å². The van der Waals surface area contributed by atoms with Crippen LogP contribution < -0.4 is 5.73 Å². The molecule has 2 N–H and O–H groups in total. The molecule has 0 spiro atoms. The van der Waals surface area contributed by atoms with Crippen molar-refractivity contribution in [2.24, 2.45) is 5.73 Å². The summed E-state index contributed by atoms with van der Waals surface area (Å²) in [6, 6.07) is 13.2. The van der Waals surface area contributed by atoms with Crippen molar-refractivity contribution in [3.63, 3.8) is 0 Å². The molecule has 0 saturated heterocycles. The van der Waals surface area contributed by atoms with E-state index in [9.17, 15) is 8.42 Å². The van der Waals surface area contributed by atoms with Crippen LogP contribution in [-0.2, 0) is 10.0 Å². The van der Waals surface area contributed by atoms with Gasteiger partial charge >= 0.3 is 0 Å². The Kier molecular flexibility index (Phi) is 3.89. The van der Waals surface area contributed by atoms with Gasteiger partial charge in [-0.15, -0.1) is 0 Å². The van der Waals surface area contributed by atoms with E-state index in [0.717, 1.165) is 16.3 Å². The maximum absolute atomic E-state index is 11.8. The zero-order chi connectivity index (χ0) is 14.0. The zero-order valence-corrected chi connectivity index (χ0v) is 11.9. The van der Waals surface area contributed by atoms with Crippen molar-refractivity contribution in [1.82, 2.24) is 4.31 Å². The first-order valence-corrected chi connectivity index (χ1v) is 7.65. The number of nitrogens with two attached hydrogens (primary N) is 1. The summed E-state index contributed by atoms with van der Waals surface area (Å²) < 4.78 is 24.8. The third-order valence-corrected chi connectivity index (χ3v) is 5.04. The molecular formula is C14H18N2O2S. The Morgan fingerprint density at radius 3 is 2.37 bits per heavy atom. The second-order valence-corrected chi connectivity index (χ2v) is 7.00. The molecule has 0 bridgehead atoms. The van der Waals surface area contributed by atoms with Gasteiger partial charge in [-0.25, -0.2) is 12.7 Å². The second kappa shape index (κ2) is 5.28. The Bertz CT molecular complexity index is 681. The first-order valence-electron chi connectivity index (χ1n) is 6.04. The van der Waals surface area contributed by atoms with E-state index < -0.39 is 16.1 Å². The number of nitrogens with zero attached hydrogens (tertiary/aromatic N) is 1. The molecule has 1 atom stereocenters. The van der Waals surface area contributed by atoms with Crippen LogP contribution in [0.5, 0.6) is 0 Å². The molecule has 0 aliphatic carbocycles. The lowest BCUT2D eigenvalue weighted by Crippen LogP contribution is -2.31. The van der Waals surface area contributed by atoms with Gasteiger partial charge in [0, 0.05) is 20.1 Å². The number of benzene rings is 2. The summed E-state index contributed by atoms with van der Waals surface area (Å²) in [6.45, 7) is 0. The van der Waals surface area contributed by atoms with Crippen LogP contribution in [0.3, 0.4) is 0 Å². The van der Waals surface area contributed by atoms with Crippen molar-refractivity contribution >= 4 is 20.8 Å². The lowest BCUT2D eigenvalue weighted by molar-refractivity contribution is 0.515. The van der Waals surface area contributed by atoms with Crippen molar-refractivity contribution in [2.45, 2.75) is 6.04 Å². The lowest BCUT2D eigenvalue weighted by Gasteiger charge is -2.16. The molecular weight excluding hydrogens is 260 g/mol. The number of sulfonamides is 1. The molecule has 4 nitrogen and oxygen atoms in total. The van der Waals surface area contributed by atoms with Gasteiger partial charge in [-0.1, -0.05) is 36.4 Å². The predicted molar refractivity (Wildman–Crippen MR) is 78.4 cm³/mol. The van der Waals surface area contributed by atoms with Crippen molar-refractivity contribution < 1.29 is 8.42 Å². The van der Waals surface area contributed by atoms with E-state index in [1.165, 1.54) is 18.4 Å². The number of rotatable bonds is 4. The minimum atomic E-state index is -3.29. The summed E-state index contributed by atoms with van der Waals surface area (Å²) in [5.74, 6) is -0.0850. The molecule has 102 valence electrons. The first kappa shape index (κ1) is 14.0. The maximum atomic E-state index is 11.8. The normalized spacial score (nSPS) is 13.9. The summed E-state index contributed by atoms with van der Waals surface area (Å²) in [5, 5.41) is 2.19. The van der Waals surface area contributed by atoms with E-state index in [1.54, 1.807) is 0 Å². The van der Waals surface area contributed by atoms with Gasteiger partial charge < -0.3 is 5.73 Å². The van der Waals surface area contributed by atoms with Crippen LogP contribution in [-0.4, -0.2) is 32.6 Å². The van der Waals surface area contributed by atoms with Gasteiger partial charge in [-0.3, -0.25) is 0 Å². The zero-order valence-electron chi connectivity index (χ0n) is 11.1. The fourth-order valence-electron chi connectivity index (χ4n) is 1.91. The molecule has 0 heterocycles. The molecule has 0 saturated carbocycles. The van der Waals surface area contributed by atoms with Crippen LogP contribution in [0.15, 0.2) is 42.5 Å². The summed E-state index contributed by atoms with van der Waals surface area (Å²) >= 11 is 0. The summed E-state index contributed by atoms with van der Waals surface area (Å²) in [6.07, 6.45) is 0. The molecule has 0 radical (unpaired) electrons. The van der Waals surface area contributed by atoms with Gasteiger partial charge in [-0.05, 0) is 22.4 Å². The van der Waals surface area contributed by atoms with E-state index in [-0.39, 0.29) is 5.75 Å². The van der Waals surface area contributed by atoms with E-state index in [2.05, 4.69) is 0 Å². The third-order valence-electron chi connectivity index (χ3n) is 3.15. The van der Waals surface area contributed by atoms with Gasteiger partial charge in [0.05, 0.1) is 5.75 Å².